The third-order valence-corrected chi connectivity index (χ3v) is 3.45. The molecule has 0 unspecified atom stereocenters. The Morgan fingerprint density at radius 3 is 2.57 bits per heavy atom. The molecule has 0 aliphatic heterocycles. The predicted molar refractivity (Wildman–Crippen MR) is 60.1 cm³/mol. The Labute approximate surface area is 92.2 Å². The maximum atomic E-state index is 2.30. The number of hydrogen-bond donors (Lipinski definition) is 0. The number of hydrogen-bond acceptors (Lipinski definition) is 0. The second-order valence-electron chi connectivity index (χ2n) is 3.71. The molecule has 0 aromatic heterocycles. The molecule has 2 aromatic rings. The molecular weight excluding hydrogens is 229 g/mol. The zero-order valence-corrected chi connectivity index (χ0v) is 9.85. The zero-order chi connectivity index (χ0) is 9.54. The Bertz CT molecular complexity index is 500. The summed E-state index contributed by atoms with van der Waals surface area (Å²) >= 11 is 2.16. The summed E-state index contributed by atoms with van der Waals surface area (Å²) in [5.41, 5.74) is 5.79. The fourth-order valence-electron chi connectivity index (χ4n) is 2.15. The van der Waals surface area contributed by atoms with Gasteiger partial charge in [0.05, 0.1) is 0 Å². The zero-order valence-electron chi connectivity index (χ0n) is 7.75. The van der Waals surface area contributed by atoms with Crippen molar-refractivity contribution in [2.45, 2.75) is 6.42 Å². The van der Waals surface area contributed by atoms with E-state index in [0.29, 0.717) is 0 Å². The maximum absolute atomic E-state index is 2.30. The van der Waals surface area contributed by atoms with Gasteiger partial charge in [-0.25, -0.2) is 0 Å². The molecule has 1 aliphatic carbocycles. The van der Waals surface area contributed by atoms with Gasteiger partial charge in [-0.2, -0.15) is 0 Å². The fraction of sp³-hybridized carbons (Fsp3) is 0.0769. The molecule has 0 spiro atoms. The van der Waals surface area contributed by atoms with Crippen LogP contribution in [0, 0.1) is 0 Å². The van der Waals surface area contributed by atoms with Crippen LogP contribution in [0.25, 0.3) is 11.1 Å². The van der Waals surface area contributed by atoms with Gasteiger partial charge >= 0.3 is 92.0 Å². The van der Waals surface area contributed by atoms with Crippen molar-refractivity contribution in [1.29, 1.82) is 0 Å². The van der Waals surface area contributed by atoms with Crippen LogP contribution >= 0.6 is 0 Å². The second-order valence-corrected chi connectivity index (χ2v) is 4.92. The van der Waals surface area contributed by atoms with Crippen molar-refractivity contribution in [3.8, 4) is 11.1 Å². The van der Waals surface area contributed by atoms with Crippen LogP contribution in [0.3, 0.4) is 0 Å². The number of fused-ring (bicyclic) bond motifs is 3. The van der Waals surface area contributed by atoms with Gasteiger partial charge in [-0.05, 0) is 0 Å². The molecular formula is C13H9Ge. The van der Waals surface area contributed by atoms with Crippen LogP contribution in [0.5, 0.6) is 0 Å². The van der Waals surface area contributed by atoms with E-state index in [4.69, 9.17) is 0 Å². The Kier molecular flexibility index (Phi) is 1.77. The predicted octanol–water partition coefficient (Wildman–Crippen LogP) is 2.05. The van der Waals surface area contributed by atoms with Crippen molar-refractivity contribution in [3.05, 3.63) is 53.6 Å². The molecule has 0 amide bonds. The Hall–Kier alpha value is -1.02. The number of benzene rings is 2. The van der Waals surface area contributed by atoms with E-state index >= 15 is 0 Å². The molecule has 14 heavy (non-hydrogen) atoms. The average molecular weight is 238 g/mol. The third-order valence-electron chi connectivity index (χ3n) is 2.79. The van der Waals surface area contributed by atoms with Gasteiger partial charge in [0, 0.05) is 0 Å². The topological polar surface area (TPSA) is 0 Å². The molecule has 3 rings (SSSR count). The number of rotatable bonds is 0. The van der Waals surface area contributed by atoms with Gasteiger partial charge in [-0.15, -0.1) is 0 Å². The summed E-state index contributed by atoms with van der Waals surface area (Å²) in [6, 6.07) is 15.4. The van der Waals surface area contributed by atoms with E-state index in [9.17, 15) is 0 Å². The van der Waals surface area contributed by atoms with Crippen LogP contribution in [0.4, 0.5) is 0 Å². The summed E-state index contributed by atoms with van der Waals surface area (Å²) in [6.45, 7) is 0. The van der Waals surface area contributed by atoms with Crippen LogP contribution in [-0.4, -0.2) is 16.5 Å². The average Bonchev–Trinajstić information content (AvgIpc) is 2.54. The molecule has 0 N–H and O–H groups in total. The molecule has 1 aliphatic rings. The summed E-state index contributed by atoms with van der Waals surface area (Å²) < 4.78 is 1.36. The first-order valence-electron chi connectivity index (χ1n) is 4.77. The Morgan fingerprint density at radius 1 is 0.857 bits per heavy atom. The fourth-order valence-corrected chi connectivity index (χ4v) is 2.69. The standard InChI is InChI=1S/C13H9Ge/c14-11-5-6-13-10(8-11)7-9-3-1-2-4-12(9)13/h1-6,8H,7H2. The Morgan fingerprint density at radius 2 is 1.64 bits per heavy atom. The van der Waals surface area contributed by atoms with E-state index in [1.807, 2.05) is 0 Å². The summed E-state index contributed by atoms with van der Waals surface area (Å²) in [4.78, 5) is 0. The van der Waals surface area contributed by atoms with Gasteiger partial charge in [0.15, 0.2) is 0 Å². The van der Waals surface area contributed by atoms with Gasteiger partial charge in [-0.3, -0.25) is 0 Å². The molecule has 65 valence electrons. The van der Waals surface area contributed by atoms with E-state index in [2.05, 4.69) is 59.0 Å². The van der Waals surface area contributed by atoms with Gasteiger partial charge in [0.1, 0.15) is 0 Å². The van der Waals surface area contributed by atoms with E-state index < -0.39 is 0 Å². The minimum absolute atomic E-state index is 1.10. The van der Waals surface area contributed by atoms with Crippen molar-refractivity contribution >= 4 is 20.9 Å². The quantitative estimate of drug-likeness (QED) is 0.525. The molecule has 0 atom stereocenters. The minimum atomic E-state index is 1.10. The van der Waals surface area contributed by atoms with E-state index in [0.717, 1.165) is 6.42 Å². The molecule has 3 radical (unpaired) electrons. The van der Waals surface area contributed by atoms with Gasteiger partial charge in [0.2, 0.25) is 0 Å². The van der Waals surface area contributed by atoms with Crippen molar-refractivity contribution in [2.75, 3.05) is 0 Å². The van der Waals surface area contributed by atoms with Crippen molar-refractivity contribution in [2.24, 2.45) is 0 Å². The molecule has 0 nitrogen and oxygen atoms in total. The van der Waals surface area contributed by atoms with Crippen molar-refractivity contribution in [1.82, 2.24) is 0 Å². The van der Waals surface area contributed by atoms with Crippen LogP contribution in [0.2, 0.25) is 0 Å². The SMILES string of the molecule is [Ge][c]1ccc2c(c1)Cc1ccccc1-2. The van der Waals surface area contributed by atoms with E-state index in [-0.39, 0.29) is 0 Å². The first kappa shape index (κ1) is 8.30. The summed E-state index contributed by atoms with van der Waals surface area (Å²) in [7, 11) is 0. The van der Waals surface area contributed by atoms with Crippen LogP contribution in [0.15, 0.2) is 42.5 Å². The van der Waals surface area contributed by atoms with Crippen molar-refractivity contribution < 1.29 is 0 Å². The molecule has 0 saturated heterocycles. The molecule has 0 bridgehead atoms. The van der Waals surface area contributed by atoms with E-state index in [1.165, 1.54) is 26.6 Å². The first-order valence-corrected chi connectivity index (χ1v) is 5.82. The summed E-state index contributed by atoms with van der Waals surface area (Å²) in [5, 5.41) is 0. The van der Waals surface area contributed by atoms with Gasteiger partial charge < -0.3 is 0 Å². The molecule has 0 saturated carbocycles. The van der Waals surface area contributed by atoms with Crippen molar-refractivity contribution in [3.63, 3.8) is 0 Å². The summed E-state index contributed by atoms with van der Waals surface area (Å²) in [6.07, 6.45) is 1.10. The first-order chi connectivity index (χ1) is 6.84. The Balaban J connectivity index is 2.27. The normalized spacial score (nSPS) is 12.4. The second kappa shape index (κ2) is 2.99. The summed E-state index contributed by atoms with van der Waals surface area (Å²) in [5.74, 6) is 0. The van der Waals surface area contributed by atoms with Crippen LogP contribution in [-0.2, 0) is 6.42 Å². The van der Waals surface area contributed by atoms with Gasteiger partial charge in [0.25, 0.3) is 0 Å². The monoisotopic (exact) mass is 239 g/mol. The molecule has 2 aromatic carbocycles. The molecule has 1 heteroatoms. The van der Waals surface area contributed by atoms with E-state index in [1.54, 1.807) is 0 Å². The molecule has 0 fully saturated rings. The van der Waals surface area contributed by atoms with Crippen LogP contribution in [0.1, 0.15) is 11.1 Å². The third kappa shape index (κ3) is 1.14. The molecule has 0 heterocycles. The van der Waals surface area contributed by atoms with Crippen LogP contribution < -0.4 is 4.40 Å². The van der Waals surface area contributed by atoms with Gasteiger partial charge in [-0.1, -0.05) is 0 Å².